The Hall–Kier alpha value is -2.54. The summed E-state index contributed by atoms with van der Waals surface area (Å²) in [5, 5.41) is 2.82. The summed E-state index contributed by atoms with van der Waals surface area (Å²) in [4.78, 5) is 15.2. The Morgan fingerprint density at radius 3 is 2.63 bits per heavy atom. The molecule has 0 spiro atoms. The van der Waals surface area contributed by atoms with E-state index < -0.39 is 17.6 Å². The fourth-order valence-corrected chi connectivity index (χ4v) is 3.83. The number of hydrogen-bond donors (Lipinski definition) is 1. The van der Waals surface area contributed by atoms with Crippen molar-refractivity contribution in [1.29, 1.82) is 0 Å². The van der Waals surface area contributed by atoms with E-state index in [1.54, 1.807) is 26.8 Å². The molecule has 162 valence electrons. The van der Waals surface area contributed by atoms with Crippen molar-refractivity contribution in [2.24, 2.45) is 0 Å². The van der Waals surface area contributed by atoms with Crippen LogP contribution in [-0.2, 0) is 19.1 Å². The second-order valence-electron chi connectivity index (χ2n) is 7.91. The van der Waals surface area contributed by atoms with E-state index >= 15 is 0 Å². The fourth-order valence-electron chi connectivity index (χ4n) is 3.83. The van der Waals surface area contributed by atoms with Gasteiger partial charge in [-0.3, -0.25) is 4.79 Å². The number of nitrogens with zero attached hydrogens (tertiary/aromatic N) is 1. The summed E-state index contributed by atoms with van der Waals surface area (Å²) >= 11 is 0. The third-order valence-electron chi connectivity index (χ3n) is 5.33. The minimum atomic E-state index is -4.56. The van der Waals surface area contributed by atoms with Gasteiger partial charge in [-0.2, -0.15) is 13.2 Å². The number of benzene rings is 2. The Bertz CT molecular complexity index is 939. The molecule has 1 aliphatic rings. The van der Waals surface area contributed by atoms with Crippen molar-refractivity contribution in [3.63, 3.8) is 0 Å². The number of carbonyl (C=O) groups excluding carboxylic acids is 1. The number of amides is 1. The molecular weight excluding hydrogens is 393 g/mol. The van der Waals surface area contributed by atoms with Crippen molar-refractivity contribution in [2.45, 2.75) is 45.8 Å². The topological polar surface area (TPSA) is 41.6 Å². The first kappa shape index (κ1) is 22.2. The van der Waals surface area contributed by atoms with E-state index in [4.69, 9.17) is 4.74 Å². The highest BCUT2D eigenvalue weighted by Gasteiger charge is 2.36. The fraction of sp³-hybridized carbons (Fsp3) is 0.435. The van der Waals surface area contributed by atoms with Gasteiger partial charge in [-0.1, -0.05) is 26.0 Å². The number of ether oxygens (including phenoxy) is 1. The van der Waals surface area contributed by atoms with Crippen LogP contribution in [0.5, 0.6) is 5.75 Å². The number of hydrogen-bond acceptors (Lipinski definition) is 3. The summed E-state index contributed by atoms with van der Waals surface area (Å²) in [6.45, 7) is 6.98. The molecule has 0 fully saturated rings. The van der Waals surface area contributed by atoms with Crippen LogP contribution in [-0.4, -0.2) is 31.0 Å². The van der Waals surface area contributed by atoms with E-state index in [9.17, 15) is 18.0 Å². The number of nitrogens with one attached hydrogen (secondary N) is 1. The molecule has 0 aromatic heterocycles. The van der Waals surface area contributed by atoms with Gasteiger partial charge >= 0.3 is 6.18 Å². The van der Waals surface area contributed by atoms with Gasteiger partial charge in [0, 0.05) is 18.8 Å². The van der Waals surface area contributed by atoms with Crippen LogP contribution in [0.2, 0.25) is 0 Å². The Balaban J connectivity index is 2.02. The van der Waals surface area contributed by atoms with Crippen molar-refractivity contribution in [2.75, 3.05) is 25.5 Å². The second-order valence-corrected chi connectivity index (χ2v) is 7.91. The standard InChI is InChI=1S/C23H27F3N2O2/c1-5-30-21-12-17(14(2)3)19(23(24,25)26)11-18(21)22(29)27-20-8-6-7-15-13-28(4)10-9-16(15)20/h6-8,11-12,14H,5,9-10,13H2,1-4H3,(H,27,29). The van der Waals surface area contributed by atoms with Crippen molar-refractivity contribution < 1.29 is 22.7 Å². The largest absolute Gasteiger partial charge is 0.493 e. The molecule has 7 heteroatoms. The van der Waals surface area contributed by atoms with Crippen molar-refractivity contribution in [3.8, 4) is 5.75 Å². The summed E-state index contributed by atoms with van der Waals surface area (Å²) in [6, 6.07) is 7.90. The first-order valence-corrected chi connectivity index (χ1v) is 10.1. The summed E-state index contributed by atoms with van der Waals surface area (Å²) < 4.78 is 46.6. The van der Waals surface area contributed by atoms with Gasteiger partial charge in [0.15, 0.2) is 0 Å². The lowest BCUT2D eigenvalue weighted by atomic mass is 9.93. The number of halogens is 3. The molecule has 3 rings (SSSR count). The van der Waals surface area contributed by atoms with Gasteiger partial charge < -0.3 is 15.0 Å². The molecule has 0 saturated heterocycles. The zero-order chi connectivity index (χ0) is 22.1. The molecule has 0 radical (unpaired) electrons. The smallest absolute Gasteiger partial charge is 0.416 e. The highest BCUT2D eigenvalue weighted by molar-refractivity contribution is 6.07. The van der Waals surface area contributed by atoms with Crippen LogP contribution >= 0.6 is 0 Å². The normalized spacial score (nSPS) is 14.5. The molecule has 4 nitrogen and oxygen atoms in total. The first-order valence-electron chi connectivity index (χ1n) is 10.1. The van der Waals surface area contributed by atoms with Crippen LogP contribution in [0.25, 0.3) is 0 Å². The molecule has 0 aliphatic carbocycles. The lowest BCUT2D eigenvalue weighted by Crippen LogP contribution is -2.27. The van der Waals surface area contributed by atoms with E-state index in [0.29, 0.717) is 5.69 Å². The average molecular weight is 420 g/mol. The van der Waals surface area contributed by atoms with Crippen molar-refractivity contribution in [3.05, 3.63) is 58.1 Å². The number of anilines is 1. The maximum absolute atomic E-state index is 13.7. The minimum absolute atomic E-state index is 0.112. The van der Waals surface area contributed by atoms with Crippen LogP contribution in [0.1, 0.15) is 59.3 Å². The van der Waals surface area contributed by atoms with Gasteiger partial charge in [-0.05, 0) is 61.2 Å². The van der Waals surface area contributed by atoms with Gasteiger partial charge in [0.05, 0.1) is 17.7 Å². The molecule has 2 aromatic rings. The summed E-state index contributed by atoms with van der Waals surface area (Å²) in [6.07, 6.45) is -3.80. The molecule has 2 aromatic carbocycles. The van der Waals surface area contributed by atoms with Gasteiger partial charge in [0.25, 0.3) is 5.91 Å². The van der Waals surface area contributed by atoms with Gasteiger partial charge in [0.2, 0.25) is 0 Å². The Labute approximate surface area is 175 Å². The van der Waals surface area contributed by atoms with Crippen molar-refractivity contribution in [1.82, 2.24) is 4.90 Å². The van der Waals surface area contributed by atoms with Gasteiger partial charge in [-0.25, -0.2) is 0 Å². The average Bonchev–Trinajstić information content (AvgIpc) is 2.66. The highest BCUT2D eigenvalue weighted by Crippen LogP contribution is 2.39. The highest BCUT2D eigenvalue weighted by atomic mass is 19.4. The number of likely N-dealkylation sites (N-methyl/N-ethyl adjacent to an activating group) is 1. The van der Waals surface area contributed by atoms with Gasteiger partial charge in [0.1, 0.15) is 5.75 Å². The van der Waals surface area contributed by atoms with Crippen LogP contribution < -0.4 is 10.1 Å². The van der Waals surface area contributed by atoms with E-state index in [-0.39, 0.29) is 29.4 Å². The molecule has 1 heterocycles. The third kappa shape index (κ3) is 4.61. The molecular formula is C23H27F3N2O2. The minimum Gasteiger partial charge on any atom is -0.493 e. The predicted octanol–water partition coefficient (Wildman–Crippen LogP) is 5.47. The number of fused-ring (bicyclic) bond motifs is 1. The van der Waals surface area contributed by atoms with E-state index in [1.807, 2.05) is 19.2 Å². The number of alkyl halides is 3. The van der Waals surface area contributed by atoms with E-state index in [0.717, 1.165) is 36.7 Å². The monoisotopic (exact) mass is 420 g/mol. The lowest BCUT2D eigenvalue weighted by Gasteiger charge is -2.27. The second kappa shape index (κ2) is 8.68. The quantitative estimate of drug-likeness (QED) is 0.698. The molecule has 0 saturated carbocycles. The van der Waals surface area contributed by atoms with Crippen LogP contribution in [0.4, 0.5) is 18.9 Å². The molecule has 0 atom stereocenters. The van der Waals surface area contributed by atoms with Crippen LogP contribution in [0.15, 0.2) is 30.3 Å². The van der Waals surface area contributed by atoms with Crippen LogP contribution in [0, 0.1) is 0 Å². The maximum atomic E-state index is 13.7. The molecule has 1 amide bonds. The van der Waals surface area contributed by atoms with E-state index in [1.165, 1.54) is 6.07 Å². The summed E-state index contributed by atoms with van der Waals surface area (Å²) in [7, 11) is 2.03. The zero-order valence-electron chi connectivity index (χ0n) is 17.7. The molecule has 1 N–H and O–H groups in total. The summed E-state index contributed by atoms with van der Waals surface area (Å²) in [5.74, 6) is -0.807. The number of carbonyl (C=O) groups is 1. The summed E-state index contributed by atoms with van der Waals surface area (Å²) in [5.41, 5.74) is 1.97. The SMILES string of the molecule is CCOc1cc(C(C)C)c(C(F)(F)F)cc1C(=O)Nc1cccc2c1CCN(C)C2. The third-order valence-corrected chi connectivity index (χ3v) is 5.33. The lowest BCUT2D eigenvalue weighted by molar-refractivity contribution is -0.138. The molecule has 30 heavy (non-hydrogen) atoms. The van der Waals surface area contributed by atoms with Crippen LogP contribution in [0.3, 0.4) is 0 Å². The zero-order valence-corrected chi connectivity index (χ0v) is 17.7. The predicted molar refractivity (Wildman–Crippen MR) is 111 cm³/mol. The Morgan fingerprint density at radius 2 is 2.00 bits per heavy atom. The Morgan fingerprint density at radius 1 is 1.27 bits per heavy atom. The molecule has 0 unspecified atom stereocenters. The maximum Gasteiger partial charge on any atom is 0.416 e. The van der Waals surface area contributed by atoms with Gasteiger partial charge in [-0.15, -0.1) is 0 Å². The molecule has 1 aliphatic heterocycles. The Kier molecular flexibility index (Phi) is 6.41. The first-order chi connectivity index (χ1) is 14.1. The van der Waals surface area contributed by atoms with E-state index in [2.05, 4.69) is 10.2 Å². The molecule has 0 bridgehead atoms. The van der Waals surface area contributed by atoms with Crippen molar-refractivity contribution >= 4 is 11.6 Å². The number of rotatable bonds is 5.